The summed E-state index contributed by atoms with van der Waals surface area (Å²) in [7, 11) is -3.98. The number of alkyl halides is 2. The number of rotatable bonds is 5. The number of carbonyl (C=O) groups excluding carboxylic acids is 1. The highest BCUT2D eigenvalue weighted by molar-refractivity contribution is 7.96. The fourth-order valence-corrected chi connectivity index (χ4v) is 6.53. The largest absolute Gasteiger partial charge is 0.455 e. The maximum Gasteiger partial charge on any atom is 0.415 e. The van der Waals surface area contributed by atoms with Gasteiger partial charge >= 0.3 is 11.2 Å². The highest BCUT2D eigenvalue weighted by Gasteiger charge is 2.74. The topological polar surface area (TPSA) is 108 Å². The van der Waals surface area contributed by atoms with Gasteiger partial charge in [-0.15, -0.1) is 4.33 Å². The Morgan fingerprint density at radius 3 is 2.70 bits per heavy atom. The average molecular weight is 376 g/mol. The molecule has 5 unspecified atom stereocenters. The third-order valence-corrected chi connectivity index (χ3v) is 7.27. The Morgan fingerprint density at radius 1 is 1.43 bits per heavy atom. The molecule has 2 aliphatic carbocycles. The molecule has 0 amide bonds. The molecule has 0 aromatic heterocycles. The molecule has 3 aliphatic rings. The lowest BCUT2D eigenvalue weighted by molar-refractivity contribution is -0.433. The summed E-state index contributed by atoms with van der Waals surface area (Å²) in [5.41, 5.74) is -0.517. The molecule has 0 aromatic rings. The molecule has 0 spiro atoms. The zero-order valence-electron chi connectivity index (χ0n) is 12.0. The molecular weight excluding hydrogens is 362 g/mol. The third kappa shape index (κ3) is 2.46. The van der Waals surface area contributed by atoms with E-state index in [1.54, 1.807) is 0 Å². The van der Waals surface area contributed by atoms with Gasteiger partial charge in [-0.25, -0.2) is 10.1 Å². The van der Waals surface area contributed by atoms with Crippen LogP contribution in [0.15, 0.2) is 0 Å². The summed E-state index contributed by atoms with van der Waals surface area (Å²) in [4.78, 5) is 11.7. The van der Waals surface area contributed by atoms with Gasteiger partial charge < -0.3 is 4.74 Å². The maximum atomic E-state index is 13.5. The van der Waals surface area contributed by atoms with Crippen molar-refractivity contribution in [3.05, 3.63) is 0 Å². The van der Waals surface area contributed by atoms with Crippen molar-refractivity contribution in [1.82, 2.24) is 0 Å². The maximum absolute atomic E-state index is 13.5. The number of hydrogen-bond acceptors (Lipinski definition) is 9. The fraction of sp³-hybridized carbons (Fsp3) is 0.909. The number of fused-ring (bicyclic) bond motifs is 1. The van der Waals surface area contributed by atoms with Crippen LogP contribution in [0.4, 0.5) is 8.78 Å². The lowest BCUT2D eigenvalue weighted by Crippen LogP contribution is -2.42. The van der Waals surface area contributed by atoms with Gasteiger partial charge in [-0.3, -0.25) is 4.18 Å². The van der Waals surface area contributed by atoms with Crippen molar-refractivity contribution in [2.75, 3.05) is 0 Å². The van der Waals surface area contributed by atoms with E-state index in [1.807, 2.05) is 13.8 Å². The van der Waals surface area contributed by atoms with Gasteiger partial charge in [-0.1, -0.05) is 18.9 Å². The van der Waals surface area contributed by atoms with Crippen LogP contribution >= 0.6 is 12.0 Å². The van der Waals surface area contributed by atoms with Crippen LogP contribution < -0.4 is 0 Å². The molecular formula is C11H14F2O8S2. The SMILES string of the molecule is CC1(C)C2CC3OS(=O)(=O)C(C2OC(=O)C(F)(F)SOOO)C31. The van der Waals surface area contributed by atoms with Gasteiger partial charge in [0.25, 0.3) is 10.1 Å². The minimum absolute atomic E-state index is 0.320. The summed E-state index contributed by atoms with van der Waals surface area (Å²) in [6.07, 6.45) is -1.39. The molecule has 1 aliphatic heterocycles. The molecule has 0 radical (unpaired) electrons. The van der Waals surface area contributed by atoms with Gasteiger partial charge in [-0.05, 0) is 11.8 Å². The van der Waals surface area contributed by atoms with E-state index in [4.69, 9.17) is 14.2 Å². The second-order valence-corrected chi connectivity index (χ2v) is 8.93. The summed E-state index contributed by atoms with van der Waals surface area (Å²) in [6, 6.07) is 0. The lowest BCUT2D eigenvalue weighted by Gasteiger charge is -2.27. The molecule has 23 heavy (non-hydrogen) atoms. The molecule has 8 nitrogen and oxygen atoms in total. The first kappa shape index (κ1) is 17.3. The summed E-state index contributed by atoms with van der Waals surface area (Å²) in [5, 5.41) is 5.58. The fourth-order valence-electron chi connectivity index (χ4n) is 4.17. The van der Waals surface area contributed by atoms with E-state index in [0.29, 0.717) is 6.42 Å². The van der Waals surface area contributed by atoms with Gasteiger partial charge in [0.1, 0.15) is 23.4 Å². The number of esters is 1. The van der Waals surface area contributed by atoms with Crippen LogP contribution in [0.25, 0.3) is 0 Å². The van der Waals surface area contributed by atoms with Crippen LogP contribution in [0, 0.1) is 17.3 Å². The molecule has 132 valence electrons. The number of ether oxygens (including phenoxy) is 1. The summed E-state index contributed by atoms with van der Waals surface area (Å²) >= 11 is -0.752. The Labute approximate surface area is 134 Å². The first-order chi connectivity index (χ1) is 10.5. The van der Waals surface area contributed by atoms with Gasteiger partial charge in [-0.2, -0.15) is 17.2 Å². The molecule has 1 heterocycles. The van der Waals surface area contributed by atoms with Crippen LogP contribution in [0.1, 0.15) is 20.3 Å². The van der Waals surface area contributed by atoms with Gasteiger partial charge in [0.15, 0.2) is 0 Å². The van der Waals surface area contributed by atoms with E-state index < -0.39 is 68.1 Å². The Kier molecular flexibility index (Phi) is 3.93. The van der Waals surface area contributed by atoms with Gasteiger partial charge in [0.05, 0.1) is 6.10 Å². The zero-order chi connectivity index (χ0) is 17.2. The quantitative estimate of drug-likeness (QED) is 0.250. The molecule has 3 fully saturated rings. The average Bonchev–Trinajstić information content (AvgIpc) is 2.89. The predicted octanol–water partition coefficient (Wildman–Crippen LogP) is 1.33. The van der Waals surface area contributed by atoms with E-state index in [-0.39, 0.29) is 0 Å². The first-order valence-electron chi connectivity index (χ1n) is 6.69. The molecule has 0 aromatic carbocycles. The second kappa shape index (κ2) is 5.23. The lowest BCUT2D eigenvalue weighted by atomic mass is 9.81. The minimum atomic E-state index is -4.17. The van der Waals surface area contributed by atoms with E-state index in [9.17, 15) is 22.0 Å². The summed E-state index contributed by atoms with van der Waals surface area (Å²) in [6.45, 7) is 3.62. The molecule has 12 heteroatoms. The molecule has 3 rings (SSSR count). The zero-order valence-corrected chi connectivity index (χ0v) is 13.6. The molecule has 1 saturated heterocycles. The summed E-state index contributed by atoms with van der Waals surface area (Å²) in [5.74, 6) is -2.78. The van der Waals surface area contributed by atoms with Crippen LogP contribution in [0.2, 0.25) is 0 Å². The Balaban J connectivity index is 1.83. The van der Waals surface area contributed by atoms with Crippen molar-refractivity contribution in [3.8, 4) is 0 Å². The van der Waals surface area contributed by atoms with Crippen molar-refractivity contribution >= 4 is 28.1 Å². The normalized spacial score (nSPS) is 39.6. The molecule has 1 N–H and O–H groups in total. The Bertz CT molecular complexity index is 622. The Hall–Kier alpha value is -0.530. The van der Waals surface area contributed by atoms with E-state index in [1.165, 1.54) is 0 Å². The van der Waals surface area contributed by atoms with Gasteiger partial charge in [0.2, 0.25) is 0 Å². The monoisotopic (exact) mass is 376 g/mol. The van der Waals surface area contributed by atoms with Crippen LogP contribution in [0.5, 0.6) is 0 Å². The van der Waals surface area contributed by atoms with Crippen LogP contribution in [-0.2, 0) is 33.2 Å². The minimum Gasteiger partial charge on any atom is -0.455 e. The second-order valence-electron chi connectivity index (χ2n) is 6.39. The van der Waals surface area contributed by atoms with E-state index in [0.717, 1.165) is 0 Å². The summed E-state index contributed by atoms with van der Waals surface area (Å²) < 4.78 is 64.7. The smallest absolute Gasteiger partial charge is 0.415 e. The number of hydrogen-bond donors (Lipinski definition) is 1. The predicted molar refractivity (Wildman–Crippen MR) is 70.2 cm³/mol. The van der Waals surface area contributed by atoms with Crippen molar-refractivity contribution in [2.24, 2.45) is 17.3 Å². The van der Waals surface area contributed by atoms with E-state index in [2.05, 4.69) is 9.37 Å². The van der Waals surface area contributed by atoms with Crippen molar-refractivity contribution in [1.29, 1.82) is 0 Å². The van der Waals surface area contributed by atoms with Crippen molar-refractivity contribution in [3.63, 3.8) is 0 Å². The van der Waals surface area contributed by atoms with Gasteiger partial charge in [0, 0.05) is 11.8 Å². The van der Waals surface area contributed by atoms with E-state index >= 15 is 0 Å². The first-order valence-corrected chi connectivity index (χ1v) is 8.90. The Morgan fingerprint density at radius 2 is 2.09 bits per heavy atom. The molecule has 2 saturated carbocycles. The van der Waals surface area contributed by atoms with Crippen LogP contribution in [0.3, 0.4) is 0 Å². The van der Waals surface area contributed by atoms with Crippen LogP contribution in [-0.4, -0.2) is 42.4 Å². The third-order valence-electron chi connectivity index (χ3n) is 5.02. The highest BCUT2D eigenvalue weighted by Crippen LogP contribution is 2.64. The molecule has 2 bridgehead atoms. The van der Waals surface area contributed by atoms with Crippen molar-refractivity contribution in [2.45, 2.75) is 43.0 Å². The number of halogens is 2. The number of carbonyl (C=O) groups is 1. The highest BCUT2D eigenvalue weighted by atomic mass is 32.2. The molecule has 5 atom stereocenters. The standard InChI is InChI=1S/C11H14F2O8S2/c1-10(2)4-3-5-6(10)8(23(16,17)19-5)7(4)18-9(14)11(12,13)22-21-20-15/h4-8,15H,3H2,1-2H3. The van der Waals surface area contributed by atoms with Crippen molar-refractivity contribution < 1.29 is 45.5 Å².